The molecule has 0 amide bonds. The maximum atomic E-state index is 12.7. The fourth-order valence-corrected chi connectivity index (χ4v) is 4.19. The molecular weight excluding hydrogens is 324 g/mol. The number of benzene rings is 1. The molecule has 6 nitrogen and oxygen atoms in total. The number of thiazole rings is 1. The van der Waals surface area contributed by atoms with E-state index in [-0.39, 0.29) is 17.0 Å². The molecule has 0 spiro atoms. The van der Waals surface area contributed by atoms with Gasteiger partial charge in [-0.1, -0.05) is 13.0 Å². The highest BCUT2D eigenvalue weighted by atomic mass is 32.2. The lowest BCUT2D eigenvalue weighted by atomic mass is 10.1. The molecule has 0 saturated carbocycles. The maximum absolute atomic E-state index is 12.7. The van der Waals surface area contributed by atoms with E-state index in [9.17, 15) is 13.2 Å². The number of aromatic carboxylic acids is 1. The van der Waals surface area contributed by atoms with Crippen LogP contribution in [0.2, 0.25) is 0 Å². The smallest absolute Gasteiger partial charge is 0.335 e. The number of nitrogens with zero attached hydrogens (tertiary/aromatic N) is 2. The molecule has 0 fully saturated rings. The summed E-state index contributed by atoms with van der Waals surface area (Å²) in [5, 5.41) is 11.5. The van der Waals surface area contributed by atoms with Crippen molar-refractivity contribution < 1.29 is 18.3 Å². The minimum atomic E-state index is -3.78. The number of carboxylic acid groups (broad SMARTS) is 1. The van der Waals surface area contributed by atoms with Gasteiger partial charge in [0, 0.05) is 18.6 Å². The summed E-state index contributed by atoms with van der Waals surface area (Å²) >= 11 is 1.37. The van der Waals surface area contributed by atoms with Gasteiger partial charge in [-0.2, -0.15) is 4.31 Å². The lowest BCUT2D eigenvalue weighted by Gasteiger charge is -2.18. The molecule has 2 aromatic rings. The Hall–Kier alpha value is -1.77. The Labute approximate surface area is 133 Å². The van der Waals surface area contributed by atoms with Crippen LogP contribution in [0.1, 0.15) is 27.9 Å². The first-order chi connectivity index (χ1) is 10.4. The largest absolute Gasteiger partial charge is 0.478 e. The van der Waals surface area contributed by atoms with Crippen molar-refractivity contribution in [1.29, 1.82) is 0 Å². The molecule has 0 aliphatic rings. The Bertz CT molecular complexity index is 770. The lowest BCUT2D eigenvalue weighted by Crippen LogP contribution is -2.27. The monoisotopic (exact) mass is 340 g/mol. The molecule has 1 N–H and O–H groups in total. The lowest BCUT2D eigenvalue weighted by molar-refractivity contribution is 0.0696. The van der Waals surface area contributed by atoms with E-state index in [1.54, 1.807) is 17.6 Å². The van der Waals surface area contributed by atoms with Crippen molar-refractivity contribution in [2.75, 3.05) is 7.05 Å². The molecule has 8 heteroatoms. The summed E-state index contributed by atoms with van der Waals surface area (Å²) in [7, 11) is -2.32. The zero-order valence-electron chi connectivity index (χ0n) is 12.2. The summed E-state index contributed by atoms with van der Waals surface area (Å²) in [5.74, 6) is -1.15. The van der Waals surface area contributed by atoms with Crippen molar-refractivity contribution in [3.8, 4) is 0 Å². The standard InChI is InChI=1S/C14H16N2O4S2/c1-3-10-4-5-11(14(17)18)8-12(10)22(19,20)16(2)9-13-15-6-7-21-13/h4-8H,3,9H2,1-2H3,(H,17,18). The molecule has 0 saturated heterocycles. The number of aryl methyl sites for hydroxylation is 1. The zero-order chi connectivity index (χ0) is 16.3. The van der Waals surface area contributed by atoms with Crippen molar-refractivity contribution in [3.63, 3.8) is 0 Å². The molecule has 22 heavy (non-hydrogen) atoms. The Balaban J connectivity index is 2.43. The van der Waals surface area contributed by atoms with Crippen molar-refractivity contribution in [3.05, 3.63) is 45.9 Å². The molecule has 2 rings (SSSR count). The summed E-state index contributed by atoms with van der Waals surface area (Å²) in [4.78, 5) is 15.2. The molecule has 118 valence electrons. The van der Waals surface area contributed by atoms with Crippen LogP contribution in [0.15, 0.2) is 34.7 Å². The Kier molecular flexibility index (Phi) is 4.94. The molecule has 0 unspecified atom stereocenters. The normalized spacial score (nSPS) is 11.8. The summed E-state index contributed by atoms with van der Waals surface area (Å²) in [6, 6.07) is 4.18. The summed E-state index contributed by atoms with van der Waals surface area (Å²) in [5.41, 5.74) is 0.550. The average molecular weight is 340 g/mol. The highest BCUT2D eigenvalue weighted by Gasteiger charge is 2.25. The molecule has 0 radical (unpaired) electrons. The molecular formula is C14H16N2O4S2. The first-order valence-corrected chi connectivity index (χ1v) is 8.89. The molecule has 0 atom stereocenters. The predicted molar refractivity (Wildman–Crippen MR) is 83.5 cm³/mol. The second-order valence-electron chi connectivity index (χ2n) is 4.67. The zero-order valence-corrected chi connectivity index (χ0v) is 13.8. The van der Waals surface area contributed by atoms with Gasteiger partial charge in [0.1, 0.15) is 5.01 Å². The number of carbonyl (C=O) groups is 1. The number of rotatable bonds is 6. The van der Waals surface area contributed by atoms with Crippen LogP contribution in [0.5, 0.6) is 0 Å². The quantitative estimate of drug-likeness (QED) is 0.871. The molecule has 0 bridgehead atoms. The highest BCUT2D eigenvalue weighted by molar-refractivity contribution is 7.89. The molecule has 0 aliphatic heterocycles. The first-order valence-electron chi connectivity index (χ1n) is 6.57. The van der Waals surface area contributed by atoms with E-state index in [1.165, 1.54) is 34.8 Å². The van der Waals surface area contributed by atoms with Crippen molar-refractivity contribution in [1.82, 2.24) is 9.29 Å². The summed E-state index contributed by atoms with van der Waals surface area (Å²) in [6.45, 7) is 1.98. The van der Waals surface area contributed by atoms with Gasteiger partial charge in [-0.25, -0.2) is 18.2 Å². The Morgan fingerprint density at radius 1 is 1.41 bits per heavy atom. The number of hydrogen-bond acceptors (Lipinski definition) is 5. The maximum Gasteiger partial charge on any atom is 0.335 e. The van der Waals surface area contributed by atoms with E-state index in [4.69, 9.17) is 5.11 Å². The van der Waals surface area contributed by atoms with Crippen LogP contribution in [0.3, 0.4) is 0 Å². The minimum Gasteiger partial charge on any atom is -0.478 e. The van der Waals surface area contributed by atoms with Crippen LogP contribution in [0.4, 0.5) is 0 Å². The Morgan fingerprint density at radius 3 is 2.68 bits per heavy atom. The van der Waals surface area contributed by atoms with Gasteiger partial charge in [0.25, 0.3) is 0 Å². The third kappa shape index (κ3) is 3.34. The third-order valence-corrected chi connectivity index (χ3v) is 5.87. The van der Waals surface area contributed by atoms with Gasteiger partial charge in [-0.3, -0.25) is 0 Å². The number of aromatic nitrogens is 1. The van der Waals surface area contributed by atoms with Crippen LogP contribution in [0, 0.1) is 0 Å². The van der Waals surface area contributed by atoms with Crippen LogP contribution < -0.4 is 0 Å². The van der Waals surface area contributed by atoms with Crippen LogP contribution in [0.25, 0.3) is 0 Å². The van der Waals surface area contributed by atoms with Gasteiger partial charge >= 0.3 is 5.97 Å². The van der Waals surface area contributed by atoms with Crippen LogP contribution >= 0.6 is 11.3 Å². The average Bonchev–Trinajstić information content (AvgIpc) is 2.99. The van der Waals surface area contributed by atoms with Crippen molar-refractivity contribution in [2.24, 2.45) is 0 Å². The van der Waals surface area contributed by atoms with Gasteiger partial charge in [0.05, 0.1) is 17.0 Å². The van der Waals surface area contributed by atoms with E-state index in [0.717, 1.165) is 0 Å². The first kappa shape index (κ1) is 16.6. The van der Waals surface area contributed by atoms with Gasteiger partial charge in [-0.15, -0.1) is 11.3 Å². The fourth-order valence-electron chi connectivity index (χ4n) is 1.99. The van der Waals surface area contributed by atoms with Gasteiger partial charge < -0.3 is 5.11 Å². The van der Waals surface area contributed by atoms with E-state index in [0.29, 0.717) is 17.0 Å². The van der Waals surface area contributed by atoms with Gasteiger partial charge in [0.15, 0.2) is 0 Å². The van der Waals surface area contributed by atoms with E-state index >= 15 is 0 Å². The minimum absolute atomic E-state index is 0.0361. The topological polar surface area (TPSA) is 87.6 Å². The van der Waals surface area contributed by atoms with Crippen LogP contribution in [-0.4, -0.2) is 35.8 Å². The van der Waals surface area contributed by atoms with E-state index in [2.05, 4.69) is 4.98 Å². The fraction of sp³-hybridized carbons (Fsp3) is 0.286. The van der Waals surface area contributed by atoms with Gasteiger partial charge in [-0.05, 0) is 24.1 Å². The third-order valence-electron chi connectivity index (χ3n) is 3.22. The number of hydrogen-bond donors (Lipinski definition) is 1. The number of carboxylic acids is 1. The summed E-state index contributed by atoms with van der Waals surface area (Å²) < 4.78 is 26.6. The second kappa shape index (κ2) is 6.55. The summed E-state index contributed by atoms with van der Waals surface area (Å²) in [6.07, 6.45) is 2.11. The van der Waals surface area contributed by atoms with E-state index in [1.807, 2.05) is 6.92 Å². The van der Waals surface area contributed by atoms with Crippen molar-refractivity contribution >= 4 is 27.3 Å². The van der Waals surface area contributed by atoms with Gasteiger partial charge in [0.2, 0.25) is 10.0 Å². The Morgan fingerprint density at radius 2 is 2.14 bits per heavy atom. The van der Waals surface area contributed by atoms with Crippen LogP contribution in [-0.2, 0) is 23.0 Å². The number of sulfonamides is 1. The highest BCUT2D eigenvalue weighted by Crippen LogP contribution is 2.23. The SMILES string of the molecule is CCc1ccc(C(=O)O)cc1S(=O)(=O)N(C)Cc1nccs1. The molecule has 1 heterocycles. The molecule has 1 aromatic heterocycles. The van der Waals surface area contributed by atoms with E-state index < -0.39 is 16.0 Å². The predicted octanol–water partition coefficient (Wildman–Crippen LogP) is 2.22. The van der Waals surface area contributed by atoms with Crippen molar-refractivity contribution in [2.45, 2.75) is 24.8 Å². The second-order valence-corrected chi connectivity index (χ2v) is 7.66. The molecule has 0 aliphatic carbocycles. The molecule has 1 aromatic carbocycles.